The number of rotatable bonds is 3. The Kier molecular flexibility index (Phi) is 3.25. The zero-order valence-electron chi connectivity index (χ0n) is 7.87. The Morgan fingerprint density at radius 1 is 1.54 bits per heavy atom. The molecule has 0 bridgehead atoms. The Hall–Kier alpha value is -1.10. The third-order valence-corrected chi connectivity index (χ3v) is 1.92. The highest BCUT2D eigenvalue weighted by molar-refractivity contribution is 5.83. The second-order valence-electron chi connectivity index (χ2n) is 3.18. The molecular weight excluding hydrogens is 172 g/mol. The number of hydrogen-bond acceptors (Lipinski definition) is 3. The highest BCUT2D eigenvalue weighted by Crippen LogP contribution is 1.98. The average molecular weight is 186 g/mol. The van der Waals surface area contributed by atoms with Crippen LogP contribution in [0.5, 0.6) is 0 Å². The maximum atomic E-state index is 11.2. The minimum atomic E-state index is -0.133. The fraction of sp³-hybridized carbons (Fsp3) is 0.750. The van der Waals surface area contributed by atoms with Crippen LogP contribution in [0.15, 0.2) is 0 Å². The van der Waals surface area contributed by atoms with Gasteiger partial charge in [0.2, 0.25) is 11.8 Å². The van der Waals surface area contributed by atoms with Crippen LogP contribution in [0.2, 0.25) is 0 Å². The minimum Gasteiger partial charge on any atom is -0.377 e. The number of nitrogens with zero attached hydrogens (tertiary/aromatic N) is 1. The third kappa shape index (κ3) is 3.02. The van der Waals surface area contributed by atoms with Crippen LogP contribution in [0, 0.1) is 0 Å². The summed E-state index contributed by atoms with van der Waals surface area (Å²) in [5.74, 6) is -0.244. The summed E-state index contributed by atoms with van der Waals surface area (Å²) < 4.78 is 4.89. The van der Waals surface area contributed by atoms with Crippen LogP contribution in [-0.2, 0) is 14.3 Å². The van der Waals surface area contributed by atoms with Gasteiger partial charge in [0, 0.05) is 14.0 Å². The number of carbonyl (C=O) groups is 2. The van der Waals surface area contributed by atoms with E-state index in [9.17, 15) is 9.59 Å². The van der Waals surface area contributed by atoms with Crippen LogP contribution in [0.4, 0.5) is 0 Å². The second kappa shape index (κ2) is 4.23. The maximum Gasteiger partial charge on any atom is 0.239 e. The third-order valence-electron chi connectivity index (χ3n) is 1.92. The molecule has 0 aromatic carbocycles. The van der Waals surface area contributed by atoms with Crippen LogP contribution in [0.1, 0.15) is 6.92 Å². The van der Waals surface area contributed by atoms with E-state index in [4.69, 9.17) is 4.74 Å². The first kappa shape index (κ1) is 9.98. The summed E-state index contributed by atoms with van der Waals surface area (Å²) in [6, 6.07) is 0.132. The van der Waals surface area contributed by atoms with E-state index in [-0.39, 0.29) is 24.4 Å². The highest BCUT2D eigenvalue weighted by atomic mass is 16.5. The number of nitrogens with one attached hydrogen (secondary N) is 1. The van der Waals surface area contributed by atoms with Crippen LogP contribution in [0.25, 0.3) is 0 Å². The van der Waals surface area contributed by atoms with Crippen molar-refractivity contribution in [2.45, 2.75) is 13.0 Å². The molecule has 0 aliphatic carbocycles. The van der Waals surface area contributed by atoms with Gasteiger partial charge in [-0.2, -0.15) is 0 Å². The summed E-state index contributed by atoms with van der Waals surface area (Å²) in [6.07, 6.45) is 0. The van der Waals surface area contributed by atoms with Crippen LogP contribution >= 0.6 is 0 Å². The fourth-order valence-corrected chi connectivity index (χ4v) is 0.919. The van der Waals surface area contributed by atoms with Gasteiger partial charge in [0.05, 0.1) is 25.8 Å². The van der Waals surface area contributed by atoms with Gasteiger partial charge in [-0.15, -0.1) is 0 Å². The van der Waals surface area contributed by atoms with Crippen molar-refractivity contribution in [3.8, 4) is 0 Å². The topological polar surface area (TPSA) is 58.6 Å². The second-order valence-corrected chi connectivity index (χ2v) is 3.18. The standard InChI is InChI=1S/C8H14N2O3/c1-6(11)10(2)3-8(12)9-7-4-13-5-7/h7H,3-5H2,1-2H3,(H,9,12). The average Bonchev–Trinajstić information content (AvgIpc) is 1.96. The van der Waals surface area contributed by atoms with Gasteiger partial charge in [0.15, 0.2) is 0 Å². The molecule has 5 nitrogen and oxygen atoms in total. The molecule has 0 radical (unpaired) electrons. The van der Waals surface area contributed by atoms with Gasteiger partial charge in [0.25, 0.3) is 0 Å². The van der Waals surface area contributed by atoms with E-state index in [0.717, 1.165) is 0 Å². The van der Waals surface area contributed by atoms with Crippen molar-refractivity contribution >= 4 is 11.8 Å². The van der Waals surface area contributed by atoms with Crippen LogP contribution in [0.3, 0.4) is 0 Å². The van der Waals surface area contributed by atoms with Gasteiger partial charge >= 0.3 is 0 Å². The minimum absolute atomic E-state index is 0.111. The quantitative estimate of drug-likeness (QED) is 0.613. The number of carbonyl (C=O) groups excluding carboxylic acids is 2. The number of amides is 2. The van der Waals surface area contributed by atoms with Crippen molar-refractivity contribution < 1.29 is 14.3 Å². The normalized spacial score (nSPS) is 16.2. The Morgan fingerprint density at radius 2 is 2.15 bits per heavy atom. The number of ether oxygens (including phenoxy) is 1. The van der Waals surface area contributed by atoms with Gasteiger partial charge in [-0.25, -0.2) is 0 Å². The van der Waals surface area contributed by atoms with Crippen molar-refractivity contribution in [1.82, 2.24) is 10.2 Å². The van der Waals surface area contributed by atoms with Gasteiger partial charge in [-0.05, 0) is 0 Å². The van der Waals surface area contributed by atoms with Crippen molar-refractivity contribution in [3.05, 3.63) is 0 Å². The Balaban J connectivity index is 2.19. The molecule has 0 spiro atoms. The largest absolute Gasteiger partial charge is 0.377 e. The number of hydrogen-bond donors (Lipinski definition) is 1. The molecule has 0 saturated carbocycles. The Morgan fingerprint density at radius 3 is 2.54 bits per heavy atom. The van der Waals surface area contributed by atoms with Crippen LogP contribution in [-0.4, -0.2) is 49.6 Å². The summed E-state index contributed by atoms with van der Waals surface area (Å²) >= 11 is 0. The molecule has 0 atom stereocenters. The maximum absolute atomic E-state index is 11.2. The molecule has 2 amide bonds. The zero-order valence-corrected chi connectivity index (χ0v) is 7.87. The van der Waals surface area contributed by atoms with E-state index in [1.54, 1.807) is 7.05 Å². The van der Waals surface area contributed by atoms with Crippen molar-refractivity contribution in [2.24, 2.45) is 0 Å². The summed E-state index contributed by atoms with van der Waals surface area (Å²) in [6.45, 7) is 2.70. The van der Waals surface area contributed by atoms with E-state index in [1.165, 1.54) is 11.8 Å². The number of likely N-dealkylation sites (N-methyl/N-ethyl adjacent to an activating group) is 1. The van der Waals surface area contributed by atoms with Gasteiger partial charge in [-0.1, -0.05) is 0 Å². The van der Waals surface area contributed by atoms with Crippen molar-refractivity contribution in [3.63, 3.8) is 0 Å². The molecule has 0 aromatic rings. The van der Waals surface area contributed by atoms with E-state index < -0.39 is 0 Å². The van der Waals surface area contributed by atoms with E-state index >= 15 is 0 Å². The fourth-order valence-electron chi connectivity index (χ4n) is 0.919. The first-order valence-electron chi connectivity index (χ1n) is 4.18. The summed E-state index contributed by atoms with van der Waals surface area (Å²) in [4.78, 5) is 23.3. The van der Waals surface area contributed by atoms with Crippen molar-refractivity contribution in [2.75, 3.05) is 26.8 Å². The molecule has 1 N–H and O–H groups in total. The summed E-state index contributed by atoms with van der Waals surface area (Å²) in [5, 5.41) is 2.74. The smallest absolute Gasteiger partial charge is 0.239 e. The Labute approximate surface area is 77.0 Å². The van der Waals surface area contributed by atoms with E-state index in [1.807, 2.05) is 0 Å². The summed E-state index contributed by atoms with van der Waals surface area (Å²) in [7, 11) is 1.60. The van der Waals surface area contributed by atoms with Gasteiger partial charge in [0.1, 0.15) is 0 Å². The monoisotopic (exact) mass is 186 g/mol. The lowest BCUT2D eigenvalue weighted by atomic mass is 10.2. The molecule has 1 rings (SSSR count). The predicted molar refractivity (Wildman–Crippen MR) is 46.1 cm³/mol. The lowest BCUT2D eigenvalue weighted by Gasteiger charge is -2.27. The SMILES string of the molecule is CC(=O)N(C)CC(=O)NC1COC1. The van der Waals surface area contributed by atoms with Crippen LogP contribution < -0.4 is 5.32 Å². The van der Waals surface area contributed by atoms with Crippen molar-refractivity contribution in [1.29, 1.82) is 0 Å². The first-order valence-corrected chi connectivity index (χ1v) is 4.18. The molecule has 5 heteroatoms. The lowest BCUT2D eigenvalue weighted by Crippen LogP contribution is -2.51. The summed E-state index contributed by atoms with van der Waals surface area (Å²) in [5.41, 5.74) is 0. The van der Waals surface area contributed by atoms with E-state index in [2.05, 4.69) is 5.32 Å². The molecule has 1 saturated heterocycles. The molecule has 13 heavy (non-hydrogen) atoms. The molecule has 1 aliphatic heterocycles. The highest BCUT2D eigenvalue weighted by Gasteiger charge is 2.20. The Bertz CT molecular complexity index is 213. The molecule has 1 fully saturated rings. The first-order chi connectivity index (χ1) is 6.09. The molecule has 1 aliphatic rings. The molecule has 0 aromatic heterocycles. The molecular formula is C8H14N2O3. The predicted octanol–water partition coefficient (Wildman–Crippen LogP) is -1.02. The van der Waals surface area contributed by atoms with Gasteiger partial charge < -0.3 is 15.0 Å². The molecule has 1 heterocycles. The lowest BCUT2D eigenvalue weighted by molar-refractivity contribution is -0.134. The zero-order chi connectivity index (χ0) is 9.84. The van der Waals surface area contributed by atoms with Gasteiger partial charge in [-0.3, -0.25) is 9.59 Å². The van der Waals surface area contributed by atoms with E-state index in [0.29, 0.717) is 13.2 Å². The molecule has 74 valence electrons. The molecule has 0 unspecified atom stereocenters.